The molecule has 0 unspecified atom stereocenters. The molecule has 2 aromatic heterocycles. The second-order valence-electron chi connectivity index (χ2n) is 5.73. The van der Waals surface area contributed by atoms with E-state index in [9.17, 15) is 0 Å². The largest absolute Gasteiger partial charge is 0.340 e. The molecule has 3 aromatic rings. The molecule has 0 bridgehead atoms. The van der Waals surface area contributed by atoms with Gasteiger partial charge in [0.1, 0.15) is 5.82 Å². The normalized spacial score (nSPS) is 13.5. The van der Waals surface area contributed by atoms with Crippen LogP contribution in [0.15, 0.2) is 36.8 Å². The number of imidazole rings is 1. The third-order valence-corrected chi connectivity index (χ3v) is 4.22. The summed E-state index contributed by atoms with van der Waals surface area (Å²) >= 11 is 0. The minimum absolute atomic E-state index is 0.549. The zero-order chi connectivity index (χ0) is 15.8. The summed E-state index contributed by atoms with van der Waals surface area (Å²) in [7, 11) is 0. The number of hydrogen-bond donors (Lipinski definition) is 3. The molecule has 2 heterocycles. The molecule has 23 heavy (non-hydrogen) atoms. The average molecular weight is 306 g/mol. The van der Waals surface area contributed by atoms with Crippen molar-refractivity contribution < 1.29 is 0 Å². The van der Waals surface area contributed by atoms with E-state index in [0.29, 0.717) is 13.0 Å². The number of nitrogens with zero attached hydrogens (tertiary/aromatic N) is 3. The molecule has 1 aliphatic rings. The molecule has 1 aromatic carbocycles. The molecular weight excluding hydrogens is 288 g/mol. The maximum Gasteiger partial charge on any atom is 0.157 e. The topological polar surface area (TPSA) is 92.1 Å². The smallest absolute Gasteiger partial charge is 0.157 e. The van der Waals surface area contributed by atoms with Crippen molar-refractivity contribution in [3.05, 3.63) is 53.6 Å². The molecule has 4 N–H and O–H groups in total. The first-order chi connectivity index (χ1) is 11.3. The van der Waals surface area contributed by atoms with Crippen molar-refractivity contribution in [3.8, 4) is 0 Å². The highest BCUT2D eigenvalue weighted by Gasteiger charge is 2.17. The number of nitrogens with two attached hydrogens (primary N) is 1. The first kappa shape index (κ1) is 13.9. The van der Waals surface area contributed by atoms with Gasteiger partial charge in [-0.3, -0.25) is 9.38 Å². The van der Waals surface area contributed by atoms with E-state index in [1.807, 2.05) is 22.7 Å². The van der Waals surface area contributed by atoms with E-state index in [4.69, 9.17) is 11.1 Å². The van der Waals surface area contributed by atoms with E-state index >= 15 is 0 Å². The van der Waals surface area contributed by atoms with Gasteiger partial charge in [-0.25, -0.2) is 4.98 Å². The summed E-state index contributed by atoms with van der Waals surface area (Å²) in [5.74, 6) is 0.931. The van der Waals surface area contributed by atoms with Crippen molar-refractivity contribution in [1.82, 2.24) is 14.4 Å². The van der Waals surface area contributed by atoms with E-state index in [2.05, 4.69) is 21.4 Å². The highest BCUT2D eigenvalue weighted by atomic mass is 15.1. The predicted molar refractivity (Wildman–Crippen MR) is 90.6 cm³/mol. The van der Waals surface area contributed by atoms with Crippen LogP contribution in [0.1, 0.15) is 23.2 Å². The van der Waals surface area contributed by atoms with Crippen molar-refractivity contribution in [1.29, 1.82) is 5.41 Å². The third kappa shape index (κ3) is 2.37. The molecular formula is C17H18N6. The molecule has 0 saturated carbocycles. The van der Waals surface area contributed by atoms with Gasteiger partial charge in [-0.2, -0.15) is 0 Å². The number of anilines is 2. The third-order valence-electron chi connectivity index (χ3n) is 4.22. The van der Waals surface area contributed by atoms with Crippen molar-refractivity contribution in [2.75, 3.05) is 11.9 Å². The number of rotatable bonds is 4. The van der Waals surface area contributed by atoms with Crippen molar-refractivity contribution in [2.24, 2.45) is 5.73 Å². The Morgan fingerprint density at radius 3 is 3.09 bits per heavy atom. The van der Waals surface area contributed by atoms with Crippen LogP contribution in [0.4, 0.5) is 11.5 Å². The molecule has 4 rings (SSSR count). The second-order valence-corrected chi connectivity index (χ2v) is 5.73. The van der Waals surface area contributed by atoms with E-state index in [1.54, 1.807) is 12.4 Å². The molecule has 0 amide bonds. The Morgan fingerprint density at radius 1 is 1.30 bits per heavy atom. The molecule has 1 aliphatic carbocycles. The van der Waals surface area contributed by atoms with Crippen molar-refractivity contribution in [3.63, 3.8) is 0 Å². The Morgan fingerprint density at radius 2 is 2.22 bits per heavy atom. The lowest BCUT2D eigenvalue weighted by Crippen LogP contribution is -2.06. The van der Waals surface area contributed by atoms with Crippen LogP contribution in [-0.2, 0) is 12.8 Å². The molecule has 0 atom stereocenters. The van der Waals surface area contributed by atoms with Gasteiger partial charge in [-0.15, -0.1) is 0 Å². The zero-order valence-electron chi connectivity index (χ0n) is 12.7. The Bertz CT molecular complexity index is 895. The lowest BCUT2D eigenvalue weighted by Gasteiger charge is -2.10. The van der Waals surface area contributed by atoms with Gasteiger partial charge in [-0.05, 0) is 42.6 Å². The fourth-order valence-corrected chi connectivity index (χ4v) is 3.10. The summed E-state index contributed by atoms with van der Waals surface area (Å²) in [5.41, 5.74) is 11.5. The van der Waals surface area contributed by atoms with Gasteiger partial charge in [0.25, 0.3) is 0 Å². The quantitative estimate of drug-likeness (QED) is 0.689. The van der Waals surface area contributed by atoms with Gasteiger partial charge < -0.3 is 16.5 Å². The lowest BCUT2D eigenvalue weighted by atomic mass is 10.1. The molecule has 6 heteroatoms. The number of nitrogens with one attached hydrogen (secondary N) is 2. The SMILES string of the molecule is N=C1CCc2cc(Nc3c(CCN)nc4cnccn34)ccc21. The van der Waals surface area contributed by atoms with Crippen molar-refractivity contribution in [2.45, 2.75) is 19.3 Å². The first-order valence-electron chi connectivity index (χ1n) is 7.75. The number of benzene rings is 1. The zero-order valence-corrected chi connectivity index (χ0v) is 12.7. The summed E-state index contributed by atoms with van der Waals surface area (Å²) in [6.07, 6.45) is 7.87. The van der Waals surface area contributed by atoms with E-state index in [-0.39, 0.29) is 0 Å². The summed E-state index contributed by atoms with van der Waals surface area (Å²) in [6.45, 7) is 0.549. The summed E-state index contributed by atoms with van der Waals surface area (Å²) < 4.78 is 1.99. The van der Waals surface area contributed by atoms with Crippen LogP contribution >= 0.6 is 0 Å². The Balaban J connectivity index is 1.75. The van der Waals surface area contributed by atoms with Crippen LogP contribution in [0, 0.1) is 5.41 Å². The van der Waals surface area contributed by atoms with Gasteiger partial charge in [0, 0.05) is 30.2 Å². The average Bonchev–Trinajstić information content (AvgIpc) is 3.10. The first-order valence-corrected chi connectivity index (χ1v) is 7.75. The van der Waals surface area contributed by atoms with E-state index in [0.717, 1.165) is 47.0 Å². The molecule has 0 fully saturated rings. The highest BCUT2D eigenvalue weighted by Crippen LogP contribution is 2.28. The Kier molecular flexibility index (Phi) is 3.31. The molecule has 0 saturated heterocycles. The summed E-state index contributed by atoms with van der Waals surface area (Å²) in [5, 5.41) is 11.4. The van der Waals surface area contributed by atoms with Gasteiger partial charge in [0.15, 0.2) is 5.65 Å². The van der Waals surface area contributed by atoms with Gasteiger partial charge in [0.05, 0.1) is 11.9 Å². The number of aryl methyl sites for hydroxylation is 1. The van der Waals surface area contributed by atoms with Gasteiger partial charge >= 0.3 is 0 Å². The second kappa shape index (κ2) is 5.48. The lowest BCUT2D eigenvalue weighted by molar-refractivity contribution is 0.939. The monoisotopic (exact) mass is 306 g/mol. The molecule has 0 aliphatic heterocycles. The fraction of sp³-hybridized carbons (Fsp3) is 0.235. The highest BCUT2D eigenvalue weighted by molar-refractivity contribution is 6.02. The van der Waals surface area contributed by atoms with Crippen LogP contribution in [-0.4, -0.2) is 26.6 Å². The van der Waals surface area contributed by atoms with Crippen molar-refractivity contribution >= 4 is 22.9 Å². The van der Waals surface area contributed by atoms with E-state index in [1.165, 1.54) is 5.56 Å². The minimum atomic E-state index is 0.549. The standard InChI is InChI=1S/C17H18N6/c18-6-5-15-17(23-8-7-20-10-16(23)22-15)21-12-2-3-13-11(9-12)1-4-14(13)19/h2-3,7-10,19,21H,1,4-6,18H2. The van der Waals surface area contributed by atoms with Crippen LogP contribution in [0.2, 0.25) is 0 Å². The molecule has 0 radical (unpaired) electrons. The maximum atomic E-state index is 7.94. The van der Waals surface area contributed by atoms with Crippen LogP contribution in [0.25, 0.3) is 5.65 Å². The molecule has 116 valence electrons. The number of fused-ring (bicyclic) bond motifs is 2. The Labute approximate surface area is 133 Å². The van der Waals surface area contributed by atoms with Crippen LogP contribution < -0.4 is 11.1 Å². The maximum absolute atomic E-state index is 7.94. The summed E-state index contributed by atoms with van der Waals surface area (Å²) in [6, 6.07) is 6.18. The van der Waals surface area contributed by atoms with Gasteiger partial charge in [-0.1, -0.05) is 6.07 Å². The molecule has 6 nitrogen and oxygen atoms in total. The van der Waals surface area contributed by atoms with Gasteiger partial charge in [0.2, 0.25) is 0 Å². The number of hydrogen-bond acceptors (Lipinski definition) is 5. The fourth-order valence-electron chi connectivity index (χ4n) is 3.10. The molecule has 0 spiro atoms. The number of aromatic nitrogens is 3. The van der Waals surface area contributed by atoms with E-state index < -0.39 is 0 Å². The van der Waals surface area contributed by atoms with Crippen LogP contribution in [0.3, 0.4) is 0 Å². The van der Waals surface area contributed by atoms with Crippen LogP contribution in [0.5, 0.6) is 0 Å². The predicted octanol–water partition coefficient (Wildman–Crippen LogP) is 2.29. The summed E-state index contributed by atoms with van der Waals surface area (Å²) in [4.78, 5) is 8.73. The Hall–Kier alpha value is -2.73. The minimum Gasteiger partial charge on any atom is -0.340 e.